The first-order valence-corrected chi connectivity index (χ1v) is 9.89. The van der Waals surface area contributed by atoms with E-state index in [4.69, 9.17) is 16.3 Å². The van der Waals surface area contributed by atoms with Crippen LogP contribution in [0.2, 0.25) is 5.02 Å². The predicted molar refractivity (Wildman–Crippen MR) is 102 cm³/mol. The molecule has 0 aromatic heterocycles. The Kier molecular flexibility index (Phi) is 6.39. The highest BCUT2D eigenvalue weighted by molar-refractivity contribution is 6.30. The number of nitrogens with one attached hydrogen (secondary N) is 1. The van der Waals surface area contributed by atoms with E-state index >= 15 is 0 Å². The van der Waals surface area contributed by atoms with Crippen LogP contribution in [0.25, 0.3) is 0 Å². The van der Waals surface area contributed by atoms with Gasteiger partial charge in [0.2, 0.25) is 0 Å². The zero-order valence-corrected chi connectivity index (χ0v) is 16.1. The van der Waals surface area contributed by atoms with E-state index in [1.807, 2.05) is 12.1 Å². The Morgan fingerprint density at radius 2 is 1.96 bits per heavy atom. The van der Waals surface area contributed by atoms with Gasteiger partial charge >= 0.3 is 0 Å². The molecule has 1 aromatic rings. The second kappa shape index (κ2) is 8.36. The van der Waals surface area contributed by atoms with Crippen molar-refractivity contribution in [1.29, 1.82) is 0 Å². The van der Waals surface area contributed by atoms with Gasteiger partial charge in [-0.25, -0.2) is 0 Å². The Morgan fingerprint density at radius 3 is 2.56 bits per heavy atom. The van der Waals surface area contributed by atoms with Crippen LogP contribution in [0.15, 0.2) is 24.3 Å². The van der Waals surface area contributed by atoms with Crippen LogP contribution in [0.4, 0.5) is 0 Å². The van der Waals surface area contributed by atoms with E-state index in [0.717, 1.165) is 50.6 Å². The van der Waals surface area contributed by atoms with Gasteiger partial charge in [0, 0.05) is 42.4 Å². The van der Waals surface area contributed by atoms with Crippen molar-refractivity contribution in [3.63, 3.8) is 0 Å². The maximum atomic E-state index is 10.1. The van der Waals surface area contributed by atoms with Crippen LogP contribution in [0, 0.1) is 5.92 Å². The lowest BCUT2D eigenvalue weighted by Crippen LogP contribution is -2.45. The van der Waals surface area contributed by atoms with E-state index in [0.29, 0.717) is 18.0 Å². The summed E-state index contributed by atoms with van der Waals surface area (Å²) in [6.07, 6.45) is 3.18. The summed E-state index contributed by atoms with van der Waals surface area (Å²) in [5.41, 5.74) is 1.13. The Bertz CT molecular complexity index is 547. The Hall–Kier alpha value is -0.650. The summed E-state index contributed by atoms with van der Waals surface area (Å²) in [4.78, 5) is 2.46. The van der Waals surface area contributed by atoms with Gasteiger partial charge in [-0.3, -0.25) is 4.90 Å². The number of likely N-dealkylation sites (N-methyl/N-ethyl adjacent to an activating group) is 1. The Labute approximate surface area is 156 Å². The SMILES string of the molecule is CCN1[C@@H](c2ccc(Cl)cc2)[C@@H](CNC2CCOCC2)C[C@@]1(C)CO. The first kappa shape index (κ1) is 19.1. The van der Waals surface area contributed by atoms with Crippen molar-refractivity contribution in [1.82, 2.24) is 10.2 Å². The Balaban J connectivity index is 1.78. The summed E-state index contributed by atoms with van der Waals surface area (Å²) in [5, 5.41) is 14.6. The summed E-state index contributed by atoms with van der Waals surface area (Å²) >= 11 is 6.09. The molecule has 0 amide bonds. The number of hydrogen-bond acceptors (Lipinski definition) is 4. The number of likely N-dealkylation sites (tertiary alicyclic amines) is 1. The number of benzene rings is 1. The van der Waals surface area contributed by atoms with Crippen molar-refractivity contribution in [3.8, 4) is 0 Å². The molecule has 2 fully saturated rings. The zero-order valence-electron chi connectivity index (χ0n) is 15.4. The summed E-state index contributed by atoms with van der Waals surface area (Å²) in [6, 6.07) is 9.09. The van der Waals surface area contributed by atoms with Crippen molar-refractivity contribution in [2.24, 2.45) is 5.92 Å². The van der Waals surface area contributed by atoms with Crippen molar-refractivity contribution in [2.75, 3.05) is 32.9 Å². The molecular weight excluding hydrogens is 336 g/mol. The third-order valence-corrected chi connectivity index (χ3v) is 6.21. The van der Waals surface area contributed by atoms with Gasteiger partial charge < -0.3 is 15.2 Å². The fraction of sp³-hybridized carbons (Fsp3) is 0.700. The molecule has 2 aliphatic rings. The smallest absolute Gasteiger partial charge is 0.0613 e. The first-order chi connectivity index (χ1) is 12.1. The topological polar surface area (TPSA) is 44.7 Å². The third kappa shape index (κ3) is 4.20. The third-order valence-electron chi connectivity index (χ3n) is 5.96. The molecule has 1 aromatic carbocycles. The molecular formula is C20H31ClN2O2. The van der Waals surface area contributed by atoms with Crippen molar-refractivity contribution >= 4 is 11.6 Å². The van der Waals surface area contributed by atoms with E-state index in [1.165, 1.54) is 5.56 Å². The molecule has 2 aliphatic heterocycles. The molecule has 0 saturated carbocycles. The number of nitrogens with zero attached hydrogens (tertiary/aromatic N) is 1. The number of aliphatic hydroxyl groups is 1. The van der Waals surface area contributed by atoms with Gasteiger partial charge in [0.1, 0.15) is 0 Å². The molecule has 3 rings (SSSR count). The molecule has 5 heteroatoms. The maximum absolute atomic E-state index is 10.1. The van der Waals surface area contributed by atoms with Gasteiger partial charge in [-0.05, 0) is 56.3 Å². The van der Waals surface area contributed by atoms with E-state index in [-0.39, 0.29) is 12.1 Å². The minimum absolute atomic E-state index is 0.166. The zero-order chi connectivity index (χ0) is 17.9. The second-order valence-electron chi connectivity index (χ2n) is 7.70. The number of rotatable bonds is 6. The second-order valence-corrected chi connectivity index (χ2v) is 8.13. The highest BCUT2D eigenvalue weighted by Crippen LogP contribution is 2.46. The summed E-state index contributed by atoms with van der Waals surface area (Å²) in [5.74, 6) is 0.473. The van der Waals surface area contributed by atoms with Crippen molar-refractivity contribution in [3.05, 3.63) is 34.9 Å². The van der Waals surface area contributed by atoms with Crippen LogP contribution in [0.5, 0.6) is 0 Å². The maximum Gasteiger partial charge on any atom is 0.0613 e. The largest absolute Gasteiger partial charge is 0.394 e. The fourth-order valence-electron chi connectivity index (χ4n) is 4.63. The molecule has 25 heavy (non-hydrogen) atoms. The average molecular weight is 367 g/mol. The Morgan fingerprint density at radius 1 is 1.28 bits per heavy atom. The summed E-state index contributed by atoms with van der Waals surface area (Å²) in [6.45, 7) is 8.19. The average Bonchev–Trinajstić information content (AvgIpc) is 2.94. The molecule has 0 bridgehead atoms. The normalized spacial score (nSPS) is 31.5. The minimum atomic E-state index is -0.166. The molecule has 2 heterocycles. The summed E-state index contributed by atoms with van der Waals surface area (Å²) in [7, 11) is 0. The van der Waals surface area contributed by atoms with Gasteiger partial charge in [0.25, 0.3) is 0 Å². The van der Waals surface area contributed by atoms with Crippen LogP contribution in [0.3, 0.4) is 0 Å². The molecule has 0 radical (unpaired) electrons. The van der Waals surface area contributed by atoms with Gasteiger partial charge in [0.15, 0.2) is 0 Å². The molecule has 4 nitrogen and oxygen atoms in total. The van der Waals surface area contributed by atoms with Gasteiger partial charge in [-0.2, -0.15) is 0 Å². The van der Waals surface area contributed by atoms with Gasteiger partial charge in [-0.1, -0.05) is 30.7 Å². The molecule has 0 spiro atoms. The highest BCUT2D eigenvalue weighted by Gasteiger charge is 2.48. The lowest BCUT2D eigenvalue weighted by Gasteiger charge is -2.37. The lowest BCUT2D eigenvalue weighted by atomic mass is 9.90. The van der Waals surface area contributed by atoms with Crippen LogP contribution < -0.4 is 5.32 Å². The quantitative estimate of drug-likeness (QED) is 0.811. The monoisotopic (exact) mass is 366 g/mol. The molecule has 0 unspecified atom stereocenters. The fourth-order valence-corrected chi connectivity index (χ4v) is 4.76. The number of hydrogen-bond donors (Lipinski definition) is 2. The van der Waals surface area contributed by atoms with Gasteiger partial charge in [-0.15, -0.1) is 0 Å². The molecule has 2 N–H and O–H groups in total. The van der Waals surface area contributed by atoms with Crippen LogP contribution in [0.1, 0.15) is 44.7 Å². The van der Waals surface area contributed by atoms with E-state index in [1.54, 1.807) is 0 Å². The van der Waals surface area contributed by atoms with E-state index < -0.39 is 0 Å². The predicted octanol–water partition coefficient (Wildman–Crippen LogP) is 3.24. The van der Waals surface area contributed by atoms with Crippen LogP contribution >= 0.6 is 11.6 Å². The lowest BCUT2D eigenvalue weighted by molar-refractivity contribution is 0.0574. The van der Waals surface area contributed by atoms with Crippen molar-refractivity contribution in [2.45, 2.75) is 50.7 Å². The number of ether oxygens (including phenoxy) is 1. The van der Waals surface area contributed by atoms with Crippen molar-refractivity contribution < 1.29 is 9.84 Å². The van der Waals surface area contributed by atoms with E-state index in [9.17, 15) is 5.11 Å². The first-order valence-electron chi connectivity index (χ1n) is 9.51. The number of halogens is 1. The minimum Gasteiger partial charge on any atom is -0.394 e. The highest BCUT2D eigenvalue weighted by atomic mass is 35.5. The molecule has 2 saturated heterocycles. The standard InChI is InChI=1S/C20H31ClN2O2/c1-3-23-19(15-4-6-17(21)7-5-15)16(12-20(23,2)14-24)13-22-18-8-10-25-11-9-18/h4-7,16,18-19,22,24H,3,8-14H2,1-2H3/t16-,19+,20+/m1/s1. The van der Waals surface area contributed by atoms with E-state index in [2.05, 4.69) is 36.2 Å². The molecule has 140 valence electrons. The van der Waals surface area contributed by atoms with Crippen LogP contribution in [-0.4, -0.2) is 54.5 Å². The van der Waals surface area contributed by atoms with Gasteiger partial charge in [0.05, 0.1) is 6.61 Å². The number of aliphatic hydroxyl groups excluding tert-OH is 1. The molecule has 0 aliphatic carbocycles. The molecule has 3 atom stereocenters. The van der Waals surface area contributed by atoms with Crippen LogP contribution in [-0.2, 0) is 4.74 Å². The summed E-state index contributed by atoms with van der Waals surface area (Å²) < 4.78 is 5.46.